The van der Waals surface area contributed by atoms with Crippen molar-refractivity contribution < 1.29 is 14.2 Å². The molecule has 0 saturated heterocycles. The van der Waals surface area contributed by atoms with Crippen LogP contribution in [-0.4, -0.2) is 47.7 Å². The second kappa shape index (κ2) is 7.62. The first-order valence-electron chi connectivity index (χ1n) is 10.1. The van der Waals surface area contributed by atoms with Crippen LogP contribution >= 0.6 is 0 Å². The number of benzene rings is 1. The van der Waals surface area contributed by atoms with Gasteiger partial charge in [-0.15, -0.1) is 10.2 Å². The average Bonchev–Trinajstić information content (AvgIpc) is 3.48. The summed E-state index contributed by atoms with van der Waals surface area (Å²) in [5.74, 6) is 0.982. The summed E-state index contributed by atoms with van der Waals surface area (Å²) in [5, 5.41) is 25.3. The molecule has 0 unspecified atom stereocenters. The maximum atomic E-state index is 14.5. The molecule has 0 aliphatic carbocycles. The van der Waals surface area contributed by atoms with Gasteiger partial charge in [0.25, 0.3) is 0 Å². The van der Waals surface area contributed by atoms with E-state index in [0.29, 0.717) is 36.7 Å². The van der Waals surface area contributed by atoms with Gasteiger partial charge in [-0.1, -0.05) is 0 Å². The van der Waals surface area contributed by atoms with Crippen LogP contribution in [0.1, 0.15) is 22.5 Å². The average molecular weight is 423 g/mol. The summed E-state index contributed by atoms with van der Waals surface area (Å²) in [6.45, 7) is 5.12. The van der Waals surface area contributed by atoms with E-state index < -0.39 is 0 Å². The quantitative estimate of drug-likeness (QED) is 0.491. The maximum Gasteiger partial charge on any atom is 0.210 e. The molecule has 1 aliphatic rings. The second-order valence-corrected chi connectivity index (χ2v) is 7.47. The van der Waals surface area contributed by atoms with E-state index in [1.807, 2.05) is 13.8 Å². The summed E-state index contributed by atoms with van der Waals surface area (Å²) in [6, 6.07) is 3.11. The lowest BCUT2D eigenvalue weighted by Crippen LogP contribution is -2.10. The second-order valence-electron chi connectivity index (χ2n) is 7.47. The number of halogens is 1. The van der Waals surface area contributed by atoms with E-state index in [-0.39, 0.29) is 19.0 Å². The molecule has 0 atom stereocenters. The predicted molar refractivity (Wildman–Crippen MR) is 111 cm³/mol. The van der Waals surface area contributed by atoms with Gasteiger partial charge in [0.05, 0.1) is 25.5 Å². The maximum absolute atomic E-state index is 14.5. The van der Waals surface area contributed by atoms with Gasteiger partial charge in [0.2, 0.25) is 5.95 Å². The van der Waals surface area contributed by atoms with Crippen LogP contribution in [0, 0.1) is 19.7 Å². The highest BCUT2D eigenvalue weighted by atomic mass is 19.1. The van der Waals surface area contributed by atoms with Crippen LogP contribution in [0.5, 0.6) is 5.75 Å². The molecule has 1 aromatic carbocycles. The Morgan fingerprint density at radius 3 is 3.00 bits per heavy atom. The lowest BCUT2D eigenvalue weighted by atomic mass is 10.0. The number of ether oxygens (including phenoxy) is 1. The lowest BCUT2D eigenvalue weighted by Gasteiger charge is -2.13. The third kappa shape index (κ3) is 3.19. The van der Waals surface area contributed by atoms with Gasteiger partial charge >= 0.3 is 0 Å². The number of hydrogen-bond donors (Lipinski definition) is 2. The fourth-order valence-corrected chi connectivity index (χ4v) is 4.20. The predicted octanol–water partition coefficient (Wildman–Crippen LogP) is 2.28. The van der Waals surface area contributed by atoms with Gasteiger partial charge in [-0.05, 0) is 26.0 Å². The first-order chi connectivity index (χ1) is 15.1. The lowest BCUT2D eigenvalue weighted by molar-refractivity contribution is 0.268. The Hall–Kier alpha value is -3.53. The number of aromatic nitrogens is 6. The van der Waals surface area contributed by atoms with Crippen LogP contribution in [0.3, 0.4) is 0 Å². The van der Waals surface area contributed by atoms with Crippen molar-refractivity contribution in [2.24, 2.45) is 0 Å². The number of rotatable bonds is 6. The van der Waals surface area contributed by atoms with Crippen molar-refractivity contribution in [3.8, 4) is 16.9 Å². The van der Waals surface area contributed by atoms with Crippen molar-refractivity contribution in [3.63, 3.8) is 0 Å². The molecule has 31 heavy (non-hydrogen) atoms. The van der Waals surface area contributed by atoms with Crippen LogP contribution in [0.25, 0.3) is 16.8 Å². The minimum absolute atomic E-state index is 0.00758. The molecule has 1 aliphatic heterocycles. The molecular weight excluding hydrogens is 401 g/mol. The van der Waals surface area contributed by atoms with E-state index in [2.05, 4.69) is 25.6 Å². The molecule has 4 heterocycles. The molecule has 5 rings (SSSR count). The Labute approximate surface area is 177 Å². The number of aliphatic hydroxyl groups excluding tert-OH is 1. The minimum atomic E-state index is -0.268. The number of nitrogens with one attached hydrogen (secondary N) is 1. The molecular formula is C21H22FN7O2. The minimum Gasteiger partial charge on any atom is -0.493 e. The number of anilines is 1. The molecule has 0 spiro atoms. The summed E-state index contributed by atoms with van der Waals surface area (Å²) >= 11 is 0. The third-order valence-corrected chi connectivity index (χ3v) is 5.66. The molecule has 10 heteroatoms. The van der Waals surface area contributed by atoms with Gasteiger partial charge in [-0.3, -0.25) is 9.08 Å². The van der Waals surface area contributed by atoms with Gasteiger partial charge in [0.15, 0.2) is 5.65 Å². The zero-order chi connectivity index (χ0) is 21.5. The summed E-state index contributed by atoms with van der Waals surface area (Å²) in [6.07, 6.45) is 3.99. The van der Waals surface area contributed by atoms with E-state index >= 15 is 0 Å². The van der Waals surface area contributed by atoms with Gasteiger partial charge in [0.1, 0.15) is 17.9 Å². The van der Waals surface area contributed by atoms with Crippen molar-refractivity contribution in [2.45, 2.75) is 33.4 Å². The van der Waals surface area contributed by atoms with Gasteiger partial charge in [-0.25, -0.2) is 9.37 Å². The van der Waals surface area contributed by atoms with Crippen LogP contribution in [-0.2, 0) is 19.5 Å². The first kappa shape index (κ1) is 19.4. The van der Waals surface area contributed by atoms with Crippen molar-refractivity contribution >= 4 is 11.6 Å². The number of fused-ring (bicyclic) bond motifs is 2. The molecule has 0 fully saturated rings. The van der Waals surface area contributed by atoms with Gasteiger partial charge in [-0.2, -0.15) is 5.10 Å². The van der Waals surface area contributed by atoms with Crippen LogP contribution in [0.2, 0.25) is 0 Å². The zero-order valence-corrected chi connectivity index (χ0v) is 17.3. The number of nitrogens with zero attached hydrogens (tertiary/aromatic N) is 6. The summed E-state index contributed by atoms with van der Waals surface area (Å²) < 4.78 is 23.5. The molecule has 0 amide bonds. The summed E-state index contributed by atoms with van der Waals surface area (Å²) in [7, 11) is 0. The Morgan fingerprint density at radius 2 is 2.16 bits per heavy atom. The van der Waals surface area contributed by atoms with Gasteiger partial charge < -0.3 is 15.2 Å². The molecule has 3 aromatic heterocycles. The number of aryl methyl sites for hydroxylation is 1. The Morgan fingerprint density at radius 1 is 1.29 bits per heavy atom. The summed E-state index contributed by atoms with van der Waals surface area (Å²) in [4.78, 5) is 4.56. The highest BCUT2D eigenvalue weighted by Crippen LogP contribution is 2.32. The largest absolute Gasteiger partial charge is 0.493 e. The van der Waals surface area contributed by atoms with E-state index in [9.17, 15) is 9.50 Å². The van der Waals surface area contributed by atoms with Crippen molar-refractivity contribution in [3.05, 3.63) is 53.0 Å². The molecule has 0 radical (unpaired) electrons. The monoisotopic (exact) mass is 423 g/mol. The van der Waals surface area contributed by atoms with E-state index in [1.54, 1.807) is 27.7 Å². The van der Waals surface area contributed by atoms with E-state index in [1.165, 1.54) is 6.07 Å². The van der Waals surface area contributed by atoms with Gasteiger partial charge in [0, 0.05) is 47.1 Å². The van der Waals surface area contributed by atoms with E-state index in [4.69, 9.17) is 4.74 Å². The van der Waals surface area contributed by atoms with Crippen LogP contribution in [0.4, 0.5) is 10.3 Å². The van der Waals surface area contributed by atoms with Crippen molar-refractivity contribution in [1.82, 2.24) is 29.4 Å². The smallest absolute Gasteiger partial charge is 0.210 e. The Kier molecular flexibility index (Phi) is 4.78. The molecule has 160 valence electrons. The highest BCUT2D eigenvalue weighted by Gasteiger charge is 2.21. The molecule has 0 bridgehead atoms. The number of hydrogen-bond acceptors (Lipinski definition) is 7. The third-order valence-electron chi connectivity index (χ3n) is 5.66. The Balaban J connectivity index is 1.50. The highest BCUT2D eigenvalue weighted by molar-refractivity contribution is 5.80. The zero-order valence-electron chi connectivity index (χ0n) is 17.3. The van der Waals surface area contributed by atoms with Crippen molar-refractivity contribution in [1.29, 1.82) is 0 Å². The first-order valence-corrected chi connectivity index (χ1v) is 10.1. The van der Waals surface area contributed by atoms with Crippen molar-refractivity contribution in [2.75, 3.05) is 18.5 Å². The topological polar surface area (TPSA) is 102 Å². The molecule has 9 nitrogen and oxygen atoms in total. The molecule has 0 saturated carbocycles. The fourth-order valence-electron chi connectivity index (χ4n) is 4.20. The van der Waals surface area contributed by atoms with E-state index in [0.717, 1.165) is 33.8 Å². The standard InChI is InChI=1S/C21H22FN7O2/c1-12-19(13(2)29(27-12)6-7-30)16-10-24-21(28-11-25-26-20(16)28)23-9-15-14-5-8-31-18(14)4-3-17(15)22/h3-4,10-11,30H,5-9H2,1-2H3,(H,23,24). The summed E-state index contributed by atoms with van der Waals surface area (Å²) in [5.41, 5.74) is 5.54. The molecule has 2 N–H and O–H groups in total. The SMILES string of the molecule is Cc1nn(CCO)c(C)c1-c1cnc(NCc2c(F)ccc3c2CCO3)n2cnnc12. The Bertz CT molecular complexity index is 1280. The van der Waals surface area contributed by atoms with Crippen LogP contribution in [0.15, 0.2) is 24.7 Å². The number of aliphatic hydroxyl groups is 1. The fraction of sp³-hybridized carbons (Fsp3) is 0.333. The molecule has 4 aromatic rings. The normalized spacial score (nSPS) is 12.9. The van der Waals surface area contributed by atoms with Crippen LogP contribution < -0.4 is 10.1 Å².